The van der Waals surface area contributed by atoms with Crippen LogP contribution in [0, 0.1) is 0 Å². The van der Waals surface area contributed by atoms with Crippen molar-refractivity contribution in [2.45, 2.75) is 23.1 Å². The zero-order valence-corrected chi connectivity index (χ0v) is 13.9. The van der Waals surface area contributed by atoms with Crippen LogP contribution in [0.5, 0.6) is 0 Å². The summed E-state index contributed by atoms with van der Waals surface area (Å²) in [4.78, 5) is 4.65. The minimum absolute atomic E-state index is 0.289. The number of sulfonamides is 1. The van der Waals surface area contributed by atoms with Gasteiger partial charge < -0.3 is 0 Å². The highest BCUT2D eigenvalue weighted by Gasteiger charge is 2.22. The molecule has 2 rings (SSSR count). The van der Waals surface area contributed by atoms with Crippen molar-refractivity contribution in [2.24, 2.45) is 0 Å². The van der Waals surface area contributed by atoms with Crippen molar-refractivity contribution >= 4 is 36.7 Å². The van der Waals surface area contributed by atoms with Gasteiger partial charge in [0.05, 0.1) is 4.90 Å². The largest absolute Gasteiger partial charge is 0.264 e. The molecule has 1 aromatic heterocycles. The first-order valence-corrected chi connectivity index (χ1v) is 8.71. The minimum atomic E-state index is -3.48. The maximum absolute atomic E-state index is 12.6. The molecule has 2 aromatic rings. The summed E-state index contributed by atoms with van der Waals surface area (Å²) in [6.07, 6.45) is 4.05. The van der Waals surface area contributed by atoms with Crippen molar-refractivity contribution in [3.8, 4) is 0 Å². The molecule has 1 aromatic carbocycles. The van der Waals surface area contributed by atoms with E-state index in [4.69, 9.17) is 0 Å². The molecule has 4 nitrogen and oxygen atoms in total. The molecule has 108 valence electrons. The maximum atomic E-state index is 12.6. The molecule has 0 saturated heterocycles. The fraction of sp³-hybridized carbons (Fsp3) is 0.357. The van der Waals surface area contributed by atoms with E-state index in [1.165, 1.54) is 4.31 Å². The Kier molecular flexibility index (Phi) is 4.78. The third-order valence-corrected chi connectivity index (χ3v) is 5.54. The predicted molar refractivity (Wildman–Crippen MR) is 84.6 cm³/mol. The Hall–Kier alpha value is -0.980. The summed E-state index contributed by atoms with van der Waals surface area (Å²) >= 11 is 3.44. The molecule has 1 atom stereocenters. The van der Waals surface area contributed by atoms with Crippen LogP contribution >= 0.6 is 15.9 Å². The molecule has 0 aliphatic heterocycles. The van der Waals surface area contributed by atoms with Crippen LogP contribution in [0.15, 0.2) is 41.6 Å². The zero-order valence-electron chi connectivity index (χ0n) is 11.5. The van der Waals surface area contributed by atoms with Gasteiger partial charge in [-0.1, -0.05) is 35.0 Å². The molecule has 0 spiro atoms. The van der Waals surface area contributed by atoms with Gasteiger partial charge in [0.1, 0.15) is 0 Å². The topological polar surface area (TPSA) is 50.3 Å². The number of benzene rings is 1. The highest BCUT2D eigenvalue weighted by Crippen LogP contribution is 2.24. The van der Waals surface area contributed by atoms with Gasteiger partial charge in [0, 0.05) is 41.6 Å². The lowest BCUT2D eigenvalue weighted by Crippen LogP contribution is -2.29. The number of fused-ring (bicyclic) bond motifs is 1. The van der Waals surface area contributed by atoms with E-state index >= 15 is 0 Å². The van der Waals surface area contributed by atoms with Crippen LogP contribution in [-0.2, 0) is 10.0 Å². The maximum Gasteiger partial charge on any atom is 0.243 e. The van der Waals surface area contributed by atoms with Crippen molar-refractivity contribution in [1.82, 2.24) is 9.29 Å². The summed E-state index contributed by atoms with van der Waals surface area (Å²) in [5.41, 5.74) is 0. The lowest BCUT2D eigenvalue weighted by atomic mass is 10.2. The number of rotatable bonds is 5. The normalized spacial score (nSPS) is 13.8. The van der Waals surface area contributed by atoms with Crippen LogP contribution in [0.25, 0.3) is 10.8 Å². The number of halogens is 1. The summed E-state index contributed by atoms with van der Waals surface area (Å²) in [5, 5.41) is 1.54. The Balaban J connectivity index is 2.41. The van der Waals surface area contributed by atoms with E-state index in [1.54, 1.807) is 37.6 Å². The van der Waals surface area contributed by atoms with E-state index in [0.717, 1.165) is 11.8 Å². The Morgan fingerprint density at radius 2 is 2.10 bits per heavy atom. The first kappa shape index (κ1) is 15.4. The SMILES string of the molecule is CC(Br)CCN(C)S(=O)(=O)c1cccc2cnccc12. The molecule has 0 N–H and O–H groups in total. The molecule has 0 bridgehead atoms. The Morgan fingerprint density at radius 3 is 2.80 bits per heavy atom. The van der Waals surface area contributed by atoms with Crippen molar-refractivity contribution in [1.29, 1.82) is 0 Å². The number of hydrogen-bond acceptors (Lipinski definition) is 3. The highest BCUT2D eigenvalue weighted by atomic mass is 79.9. The predicted octanol–water partition coefficient (Wildman–Crippen LogP) is 3.03. The lowest BCUT2D eigenvalue weighted by Gasteiger charge is -2.19. The van der Waals surface area contributed by atoms with Crippen molar-refractivity contribution in [3.63, 3.8) is 0 Å². The van der Waals surface area contributed by atoms with Gasteiger partial charge in [0.2, 0.25) is 10.0 Å². The van der Waals surface area contributed by atoms with Crippen molar-refractivity contribution in [3.05, 3.63) is 36.7 Å². The fourth-order valence-electron chi connectivity index (χ4n) is 1.97. The third kappa shape index (κ3) is 3.19. The van der Waals surface area contributed by atoms with Crippen LogP contribution in [-0.4, -0.2) is 36.1 Å². The molecule has 0 fully saturated rings. The Morgan fingerprint density at radius 1 is 1.35 bits per heavy atom. The van der Waals surface area contributed by atoms with Gasteiger partial charge in [0.15, 0.2) is 0 Å². The van der Waals surface area contributed by atoms with Crippen LogP contribution in [0.2, 0.25) is 0 Å². The number of aromatic nitrogens is 1. The van der Waals surface area contributed by atoms with Gasteiger partial charge in [0.25, 0.3) is 0 Å². The molecule has 0 saturated carbocycles. The average Bonchev–Trinajstić information content (AvgIpc) is 2.43. The monoisotopic (exact) mass is 356 g/mol. The average molecular weight is 357 g/mol. The van der Waals surface area contributed by atoms with E-state index in [1.807, 2.05) is 13.0 Å². The fourth-order valence-corrected chi connectivity index (χ4v) is 3.57. The molecule has 0 radical (unpaired) electrons. The van der Waals surface area contributed by atoms with Gasteiger partial charge in [-0.15, -0.1) is 0 Å². The summed E-state index contributed by atoms with van der Waals surface area (Å²) < 4.78 is 26.7. The molecule has 0 amide bonds. The van der Waals surface area contributed by atoms with E-state index in [0.29, 0.717) is 16.8 Å². The van der Waals surface area contributed by atoms with Gasteiger partial charge in [-0.3, -0.25) is 4.98 Å². The van der Waals surface area contributed by atoms with Crippen LogP contribution < -0.4 is 0 Å². The molecule has 1 heterocycles. The minimum Gasteiger partial charge on any atom is -0.264 e. The smallest absolute Gasteiger partial charge is 0.243 e. The first-order chi connectivity index (χ1) is 9.43. The van der Waals surface area contributed by atoms with E-state index in [2.05, 4.69) is 20.9 Å². The second-order valence-electron chi connectivity index (χ2n) is 4.75. The zero-order chi connectivity index (χ0) is 14.8. The number of hydrogen-bond donors (Lipinski definition) is 0. The molecule has 6 heteroatoms. The summed E-state index contributed by atoms with van der Waals surface area (Å²) in [6, 6.07) is 6.99. The quantitative estimate of drug-likeness (QED) is 0.773. The highest BCUT2D eigenvalue weighted by molar-refractivity contribution is 9.09. The Bertz CT molecular complexity index is 696. The lowest BCUT2D eigenvalue weighted by molar-refractivity contribution is 0.463. The standard InChI is InChI=1S/C14H17BrN2O2S/c1-11(15)7-9-17(2)20(18,19)14-5-3-4-12-10-16-8-6-13(12)14/h3-6,8,10-11H,7,9H2,1-2H3. The molecule has 20 heavy (non-hydrogen) atoms. The summed E-state index contributed by atoms with van der Waals surface area (Å²) in [6.45, 7) is 2.49. The molecule has 0 aliphatic rings. The van der Waals surface area contributed by atoms with Gasteiger partial charge in [-0.25, -0.2) is 12.7 Å². The Labute approximate surface area is 128 Å². The number of alkyl halides is 1. The van der Waals surface area contributed by atoms with E-state index in [9.17, 15) is 8.42 Å². The van der Waals surface area contributed by atoms with Gasteiger partial charge in [-0.2, -0.15) is 0 Å². The van der Waals surface area contributed by atoms with Crippen molar-refractivity contribution < 1.29 is 8.42 Å². The number of pyridine rings is 1. The summed E-state index contributed by atoms with van der Waals surface area (Å²) in [7, 11) is -1.86. The van der Waals surface area contributed by atoms with Crippen molar-refractivity contribution in [2.75, 3.05) is 13.6 Å². The van der Waals surface area contributed by atoms with E-state index in [-0.39, 0.29) is 4.83 Å². The molecular weight excluding hydrogens is 340 g/mol. The second-order valence-corrected chi connectivity index (χ2v) is 8.33. The molecule has 0 aliphatic carbocycles. The second kappa shape index (κ2) is 6.20. The molecule has 1 unspecified atom stereocenters. The van der Waals surface area contributed by atoms with Crippen LogP contribution in [0.4, 0.5) is 0 Å². The van der Waals surface area contributed by atoms with Crippen LogP contribution in [0.3, 0.4) is 0 Å². The van der Waals surface area contributed by atoms with Crippen LogP contribution in [0.1, 0.15) is 13.3 Å². The first-order valence-electron chi connectivity index (χ1n) is 6.36. The van der Waals surface area contributed by atoms with Gasteiger partial charge in [-0.05, 0) is 18.6 Å². The van der Waals surface area contributed by atoms with Gasteiger partial charge >= 0.3 is 0 Å². The van der Waals surface area contributed by atoms with E-state index < -0.39 is 10.0 Å². The summed E-state index contributed by atoms with van der Waals surface area (Å²) in [5.74, 6) is 0. The third-order valence-electron chi connectivity index (χ3n) is 3.17. The molecular formula is C14H17BrN2O2S. The number of nitrogens with zero attached hydrogens (tertiary/aromatic N) is 2.